The number of hydrogen-bond acceptors (Lipinski definition) is 8. The van der Waals surface area contributed by atoms with E-state index in [0.29, 0.717) is 18.1 Å². The Morgan fingerprint density at radius 1 is 1.18 bits per heavy atom. The van der Waals surface area contributed by atoms with Crippen LogP contribution in [0.5, 0.6) is 17.2 Å². The van der Waals surface area contributed by atoms with E-state index in [1.54, 1.807) is 13.0 Å². The maximum Gasteiger partial charge on any atom is 0.328 e. The fourth-order valence-corrected chi connectivity index (χ4v) is 3.36. The van der Waals surface area contributed by atoms with Crippen molar-refractivity contribution in [3.63, 3.8) is 0 Å². The molecule has 10 heteroatoms. The van der Waals surface area contributed by atoms with Gasteiger partial charge >= 0.3 is 5.97 Å². The van der Waals surface area contributed by atoms with Crippen LogP contribution in [0.3, 0.4) is 0 Å². The molecule has 1 aliphatic carbocycles. The number of pyridine rings is 1. The van der Waals surface area contributed by atoms with Gasteiger partial charge in [-0.2, -0.15) is 0 Å². The predicted octanol–water partition coefficient (Wildman–Crippen LogP) is 3.16. The second-order valence-corrected chi connectivity index (χ2v) is 8.13. The van der Waals surface area contributed by atoms with Gasteiger partial charge in [0.15, 0.2) is 17.2 Å². The molecule has 1 aromatic heterocycles. The number of aromatic hydroxyl groups is 1. The van der Waals surface area contributed by atoms with Crippen molar-refractivity contribution in [2.75, 3.05) is 20.8 Å². The van der Waals surface area contributed by atoms with Crippen LogP contribution in [-0.2, 0) is 14.3 Å². The fourth-order valence-electron chi connectivity index (χ4n) is 3.36. The van der Waals surface area contributed by atoms with E-state index in [9.17, 15) is 19.1 Å². The first-order valence-electron chi connectivity index (χ1n) is 10.9. The number of hydrogen-bond donors (Lipinski definition) is 2. The summed E-state index contributed by atoms with van der Waals surface area (Å²) in [6.07, 6.45) is 1.96. The summed E-state index contributed by atoms with van der Waals surface area (Å²) in [5.74, 6) is -1.58. The van der Waals surface area contributed by atoms with Gasteiger partial charge in [0.1, 0.15) is 29.8 Å². The van der Waals surface area contributed by atoms with Gasteiger partial charge in [-0.05, 0) is 44.7 Å². The Hall–Kier alpha value is -3.40. The van der Waals surface area contributed by atoms with E-state index in [1.807, 2.05) is 0 Å². The zero-order chi connectivity index (χ0) is 24.8. The summed E-state index contributed by atoms with van der Waals surface area (Å²) in [7, 11) is 2.77. The molecule has 1 heterocycles. The Kier molecular flexibility index (Phi) is 8.27. The number of aromatic nitrogens is 1. The highest BCUT2D eigenvalue weighted by atomic mass is 19.1. The zero-order valence-electron chi connectivity index (χ0n) is 19.5. The molecule has 0 spiro atoms. The van der Waals surface area contributed by atoms with E-state index < -0.39 is 41.7 Å². The third kappa shape index (κ3) is 6.13. The monoisotopic (exact) mass is 476 g/mol. The van der Waals surface area contributed by atoms with E-state index in [4.69, 9.17) is 18.9 Å². The number of ether oxygens (including phenoxy) is 4. The number of carbonyl (C=O) groups excluding carboxylic acids is 2. The average molecular weight is 477 g/mol. The average Bonchev–Trinajstić information content (AvgIpc) is 3.64. The van der Waals surface area contributed by atoms with Crippen LogP contribution in [0.2, 0.25) is 0 Å². The van der Waals surface area contributed by atoms with Crippen molar-refractivity contribution >= 4 is 11.9 Å². The number of amides is 1. The van der Waals surface area contributed by atoms with Crippen molar-refractivity contribution < 1.29 is 38.0 Å². The Labute approximate surface area is 197 Å². The van der Waals surface area contributed by atoms with Gasteiger partial charge in [-0.25, -0.2) is 14.2 Å². The van der Waals surface area contributed by atoms with Gasteiger partial charge in [0.05, 0.1) is 20.8 Å². The molecule has 0 bridgehead atoms. The number of nitrogens with one attached hydrogen (secondary N) is 1. The lowest BCUT2D eigenvalue weighted by atomic mass is 10.0. The van der Waals surface area contributed by atoms with Crippen LogP contribution >= 0.6 is 0 Å². The summed E-state index contributed by atoms with van der Waals surface area (Å²) in [5.41, 5.74) is 0.265. The molecule has 0 aliphatic heterocycles. The number of rotatable bonds is 11. The summed E-state index contributed by atoms with van der Waals surface area (Å²) in [6, 6.07) is 4.42. The number of halogens is 1. The van der Waals surface area contributed by atoms with E-state index in [0.717, 1.165) is 12.8 Å². The largest absolute Gasteiger partial charge is 0.503 e. The van der Waals surface area contributed by atoms with Crippen molar-refractivity contribution in [2.45, 2.75) is 44.9 Å². The summed E-state index contributed by atoms with van der Waals surface area (Å²) in [6.45, 7) is 3.57. The number of nitrogens with zero attached hydrogens (tertiary/aromatic N) is 1. The number of carbonyl (C=O) groups is 2. The van der Waals surface area contributed by atoms with Crippen LogP contribution in [0.4, 0.5) is 4.39 Å². The standard InChI is InChI=1S/C24H29FN2O7/c1-13(27-23(29)20-21(28)18(31-3)9-10-26-20)24(30)34-14(2)22(33-12-15-5-6-15)17-8-7-16(25)11-19(17)32-4/h7-11,13-15,22,28H,5-6,12H2,1-4H3,(H,27,29)/t13-,14-,22-/m0/s1. The third-order valence-corrected chi connectivity index (χ3v) is 5.46. The zero-order valence-corrected chi connectivity index (χ0v) is 19.5. The normalized spacial score (nSPS) is 15.7. The van der Waals surface area contributed by atoms with Crippen molar-refractivity contribution in [3.8, 4) is 17.2 Å². The lowest BCUT2D eigenvalue weighted by Crippen LogP contribution is -2.41. The number of methoxy groups -OCH3 is 2. The molecule has 1 aliphatic rings. The number of benzene rings is 1. The molecule has 0 unspecified atom stereocenters. The molecule has 34 heavy (non-hydrogen) atoms. The molecular formula is C24H29FN2O7. The summed E-state index contributed by atoms with van der Waals surface area (Å²) in [4.78, 5) is 29.1. The van der Waals surface area contributed by atoms with Crippen molar-refractivity contribution in [1.29, 1.82) is 0 Å². The molecule has 2 aromatic rings. The Balaban J connectivity index is 1.70. The summed E-state index contributed by atoms with van der Waals surface area (Å²) in [5, 5.41) is 12.6. The fraction of sp³-hybridized carbons (Fsp3) is 0.458. The molecule has 1 aromatic carbocycles. The van der Waals surface area contributed by atoms with Crippen molar-refractivity contribution in [1.82, 2.24) is 10.3 Å². The van der Waals surface area contributed by atoms with Crippen LogP contribution in [0.15, 0.2) is 30.5 Å². The smallest absolute Gasteiger partial charge is 0.328 e. The first-order chi connectivity index (χ1) is 16.2. The van der Waals surface area contributed by atoms with Gasteiger partial charge < -0.3 is 29.4 Å². The Bertz CT molecular complexity index is 1030. The Morgan fingerprint density at radius 2 is 1.88 bits per heavy atom. The molecule has 3 rings (SSSR count). The van der Waals surface area contributed by atoms with Gasteiger partial charge in [0.25, 0.3) is 5.91 Å². The SMILES string of the molecule is COc1cc(F)ccc1[C@@H](OCC1CC1)[C@H](C)OC(=O)[C@H](C)NC(=O)c1nccc(OC)c1O. The molecule has 1 saturated carbocycles. The lowest BCUT2D eigenvalue weighted by Gasteiger charge is -2.27. The van der Waals surface area contributed by atoms with Crippen molar-refractivity contribution in [3.05, 3.63) is 47.5 Å². The van der Waals surface area contributed by atoms with Crippen LogP contribution in [-0.4, -0.2) is 54.9 Å². The van der Waals surface area contributed by atoms with E-state index in [-0.39, 0.29) is 17.2 Å². The van der Waals surface area contributed by atoms with Crippen LogP contribution < -0.4 is 14.8 Å². The lowest BCUT2D eigenvalue weighted by molar-refractivity contribution is -0.158. The summed E-state index contributed by atoms with van der Waals surface area (Å²) >= 11 is 0. The van der Waals surface area contributed by atoms with Crippen LogP contribution in [0, 0.1) is 11.7 Å². The maximum atomic E-state index is 13.7. The van der Waals surface area contributed by atoms with Crippen LogP contribution in [0.1, 0.15) is 48.8 Å². The van der Waals surface area contributed by atoms with E-state index in [1.165, 1.54) is 45.5 Å². The Morgan fingerprint density at radius 3 is 2.53 bits per heavy atom. The molecule has 2 N–H and O–H groups in total. The topological polar surface area (TPSA) is 116 Å². The van der Waals surface area contributed by atoms with Gasteiger partial charge in [-0.1, -0.05) is 0 Å². The van der Waals surface area contributed by atoms with Crippen molar-refractivity contribution in [2.24, 2.45) is 5.92 Å². The second-order valence-electron chi connectivity index (χ2n) is 8.13. The summed E-state index contributed by atoms with van der Waals surface area (Å²) < 4.78 is 35.6. The number of esters is 1. The van der Waals surface area contributed by atoms with Gasteiger partial charge in [-0.3, -0.25) is 4.79 Å². The molecule has 184 valence electrons. The molecule has 0 saturated heterocycles. The highest BCUT2D eigenvalue weighted by Gasteiger charge is 2.32. The van der Waals surface area contributed by atoms with Gasteiger partial charge in [-0.15, -0.1) is 0 Å². The molecule has 1 fully saturated rings. The maximum absolute atomic E-state index is 13.7. The van der Waals surface area contributed by atoms with E-state index in [2.05, 4.69) is 10.3 Å². The second kappa shape index (κ2) is 11.1. The van der Waals surface area contributed by atoms with E-state index >= 15 is 0 Å². The molecule has 9 nitrogen and oxygen atoms in total. The minimum absolute atomic E-state index is 0.0768. The highest BCUT2D eigenvalue weighted by Crippen LogP contribution is 2.36. The minimum Gasteiger partial charge on any atom is -0.503 e. The minimum atomic E-state index is -1.05. The first-order valence-corrected chi connectivity index (χ1v) is 10.9. The van der Waals surface area contributed by atoms with Gasteiger partial charge in [0, 0.05) is 23.9 Å². The van der Waals surface area contributed by atoms with Crippen LogP contribution in [0.25, 0.3) is 0 Å². The predicted molar refractivity (Wildman–Crippen MR) is 119 cm³/mol. The molecular weight excluding hydrogens is 447 g/mol. The molecule has 0 radical (unpaired) electrons. The van der Waals surface area contributed by atoms with Gasteiger partial charge in [0.2, 0.25) is 0 Å². The molecule has 3 atom stereocenters. The first kappa shape index (κ1) is 25.2. The highest BCUT2D eigenvalue weighted by molar-refractivity contribution is 5.97. The third-order valence-electron chi connectivity index (χ3n) is 5.46. The molecule has 1 amide bonds. The quantitative estimate of drug-likeness (QED) is 0.475.